The number of benzene rings is 3. The summed E-state index contributed by atoms with van der Waals surface area (Å²) < 4.78 is 18.9. The number of nitrogens with zero attached hydrogens (tertiary/aromatic N) is 4. The van der Waals surface area contributed by atoms with E-state index in [1.54, 1.807) is 4.57 Å². The maximum atomic E-state index is 14.1. The zero-order valence-corrected chi connectivity index (χ0v) is 24.7. The summed E-state index contributed by atoms with van der Waals surface area (Å²) in [5.74, 6) is 2.41. The molecule has 1 aliphatic rings. The van der Waals surface area contributed by atoms with Gasteiger partial charge in [-0.05, 0) is 49.4 Å². The first kappa shape index (κ1) is 28.2. The second-order valence-corrected chi connectivity index (χ2v) is 11.3. The van der Waals surface area contributed by atoms with E-state index in [-0.39, 0.29) is 22.7 Å². The molecular formula is C34H33N4O5-. The fourth-order valence-corrected chi connectivity index (χ4v) is 5.55. The summed E-state index contributed by atoms with van der Waals surface area (Å²) in [6.45, 7) is 8.47. The van der Waals surface area contributed by atoms with Crippen LogP contribution >= 0.6 is 0 Å². The molecule has 220 valence electrons. The molecule has 9 heteroatoms. The molecule has 0 bridgehead atoms. The average Bonchev–Trinajstić information content (AvgIpc) is 3.58. The van der Waals surface area contributed by atoms with Gasteiger partial charge in [0.25, 0.3) is 5.56 Å². The van der Waals surface area contributed by atoms with Gasteiger partial charge in [0.05, 0.1) is 12.2 Å². The Morgan fingerprint density at radius 2 is 1.74 bits per heavy atom. The van der Waals surface area contributed by atoms with Crippen LogP contribution in [0.3, 0.4) is 0 Å². The quantitative estimate of drug-likeness (QED) is 0.206. The highest BCUT2D eigenvalue weighted by atomic mass is 16.6. The fraction of sp³-hybridized carbons (Fsp3) is 0.294. The molecule has 3 aromatic carbocycles. The van der Waals surface area contributed by atoms with Crippen LogP contribution in [0.1, 0.15) is 56.8 Å². The number of hydrogen-bond acceptors (Lipinski definition) is 8. The first-order valence-corrected chi connectivity index (χ1v) is 14.6. The van der Waals surface area contributed by atoms with Crippen molar-refractivity contribution in [1.29, 1.82) is 0 Å². The molecule has 0 amide bonds. The van der Waals surface area contributed by atoms with E-state index >= 15 is 0 Å². The van der Waals surface area contributed by atoms with Crippen LogP contribution in [0, 0.1) is 0 Å². The van der Waals surface area contributed by atoms with Crippen molar-refractivity contribution in [3.05, 3.63) is 99.7 Å². The van der Waals surface area contributed by atoms with Crippen LogP contribution < -0.4 is 20.1 Å². The number of hydrogen-bond donors (Lipinski definition) is 0. The van der Waals surface area contributed by atoms with Crippen LogP contribution in [-0.2, 0) is 25.8 Å². The smallest absolute Gasteiger partial charge is 0.297 e. The molecule has 0 radical (unpaired) electrons. The Bertz CT molecular complexity index is 1840. The maximum absolute atomic E-state index is 14.1. The monoisotopic (exact) mass is 577 g/mol. The summed E-state index contributed by atoms with van der Waals surface area (Å²) >= 11 is 0. The molecule has 0 unspecified atom stereocenters. The van der Waals surface area contributed by atoms with Crippen molar-refractivity contribution in [3.63, 3.8) is 0 Å². The lowest BCUT2D eigenvalue weighted by atomic mass is 9.98. The molecule has 2 aromatic heterocycles. The van der Waals surface area contributed by atoms with Gasteiger partial charge in [0.2, 0.25) is 5.75 Å². The highest BCUT2D eigenvalue weighted by Gasteiger charge is 2.33. The summed E-state index contributed by atoms with van der Waals surface area (Å²) in [6, 6.07) is 21.3. The van der Waals surface area contributed by atoms with Gasteiger partial charge in [-0.25, -0.2) is 9.97 Å². The van der Waals surface area contributed by atoms with Crippen molar-refractivity contribution in [2.45, 2.75) is 65.5 Å². The van der Waals surface area contributed by atoms with Gasteiger partial charge in [0.1, 0.15) is 11.4 Å². The Labute approximate surface area is 249 Å². The molecule has 0 N–H and O–H groups in total. The summed E-state index contributed by atoms with van der Waals surface area (Å²) in [5, 5.41) is 15.3. The van der Waals surface area contributed by atoms with E-state index in [4.69, 9.17) is 14.5 Å². The van der Waals surface area contributed by atoms with E-state index in [1.165, 1.54) is 0 Å². The molecule has 0 fully saturated rings. The highest BCUT2D eigenvalue weighted by Crippen LogP contribution is 2.43. The predicted molar refractivity (Wildman–Crippen MR) is 161 cm³/mol. The van der Waals surface area contributed by atoms with Crippen molar-refractivity contribution in [1.82, 2.24) is 19.7 Å². The van der Waals surface area contributed by atoms with Crippen LogP contribution in [0.4, 0.5) is 0 Å². The topological polar surface area (TPSA) is 115 Å². The van der Waals surface area contributed by atoms with Crippen molar-refractivity contribution in [2.75, 3.05) is 0 Å². The van der Waals surface area contributed by atoms with E-state index < -0.39 is 6.08 Å². The molecule has 1 aliphatic heterocycles. The second kappa shape index (κ2) is 11.4. The SMILES string of the molecule is CCCc1nc(CC)c(Oc2cccc3c2OC(C)(C)C3)c(=O)n1Cc1ccc(-c2ccccc2-c2noc([O-])n2)cc1. The van der Waals surface area contributed by atoms with Gasteiger partial charge in [0, 0.05) is 24.0 Å². The largest absolute Gasteiger partial charge is 0.528 e. The number of para-hydroxylation sites is 1. The third kappa shape index (κ3) is 5.62. The number of rotatable bonds is 9. The summed E-state index contributed by atoms with van der Waals surface area (Å²) in [5.41, 5.74) is 4.56. The van der Waals surface area contributed by atoms with Crippen molar-refractivity contribution in [3.8, 4) is 45.8 Å². The molecule has 0 atom stereocenters. The molecule has 0 spiro atoms. The number of aromatic nitrogens is 4. The third-order valence-electron chi connectivity index (χ3n) is 7.53. The zero-order chi connectivity index (χ0) is 30.1. The second-order valence-electron chi connectivity index (χ2n) is 11.3. The number of ether oxygens (including phenoxy) is 2. The highest BCUT2D eigenvalue weighted by molar-refractivity contribution is 5.80. The Morgan fingerprint density at radius 1 is 0.977 bits per heavy atom. The van der Waals surface area contributed by atoms with Crippen molar-refractivity contribution in [2.24, 2.45) is 0 Å². The molecule has 5 aromatic rings. The van der Waals surface area contributed by atoms with Crippen LogP contribution in [0.15, 0.2) is 76.0 Å². The molecule has 0 saturated carbocycles. The molecule has 9 nitrogen and oxygen atoms in total. The first-order chi connectivity index (χ1) is 20.8. The minimum Gasteiger partial charge on any atom is -0.528 e. The molecule has 0 aliphatic carbocycles. The fourth-order valence-electron chi connectivity index (χ4n) is 5.55. The van der Waals surface area contributed by atoms with E-state index in [0.717, 1.165) is 40.9 Å². The number of fused-ring (bicyclic) bond motifs is 1. The zero-order valence-electron chi connectivity index (χ0n) is 24.7. The Kier molecular flexibility index (Phi) is 7.48. The molecular weight excluding hydrogens is 544 g/mol. The standard InChI is InChI=1S/C34H34N4O5/c1-5-10-28-35-26(6-2)30(41-27-14-9-11-23-19-34(3,4)42-29(23)27)32(39)38(28)20-21-15-17-22(18-16-21)24-12-7-8-13-25(24)31-36-33(40)43-37-31/h7-9,11-18H,5-6,10,19-20H2,1-4H3,(H,36,37,40)/p-1. The first-order valence-electron chi connectivity index (χ1n) is 14.6. The van der Waals surface area contributed by atoms with Gasteiger partial charge < -0.3 is 19.1 Å². The van der Waals surface area contributed by atoms with Crippen LogP contribution in [0.2, 0.25) is 0 Å². The normalized spacial score (nSPS) is 13.5. The van der Waals surface area contributed by atoms with Gasteiger partial charge in [-0.3, -0.25) is 9.36 Å². The third-order valence-corrected chi connectivity index (χ3v) is 7.53. The Balaban J connectivity index is 1.34. The van der Waals surface area contributed by atoms with Gasteiger partial charge in [0.15, 0.2) is 23.4 Å². The number of aryl methyl sites for hydroxylation is 2. The minimum absolute atomic E-state index is 0.217. The lowest BCUT2D eigenvalue weighted by Gasteiger charge is -2.20. The summed E-state index contributed by atoms with van der Waals surface area (Å²) in [6.07, 6.45) is 2.12. The van der Waals surface area contributed by atoms with Gasteiger partial charge in [-0.2, -0.15) is 5.16 Å². The Morgan fingerprint density at radius 3 is 2.44 bits per heavy atom. The minimum atomic E-state index is -0.729. The van der Waals surface area contributed by atoms with Crippen LogP contribution in [-0.4, -0.2) is 25.3 Å². The summed E-state index contributed by atoms with van der Waals surface area (Å²) in [7, 11) is 0. The van der Waals surface area contributed by atoms with Gasteiger partial charge >= 0.3 is 0 Å². The van der Waals surface area contributed by atoms with E-state index in [1.807, 2.05) is 87.5 Å². The average molecular weight is 578 g/mol. The lowest BCUT2D eigenvalue weighted by molar-refractivity contribution is -0.303. The van der Waals surface area contributed by atoms with Crippen molar-refractivity contribution >= 4 is 0 Å². The summed E-state index contributed by atoms with van der Waals surface area (Å²) in [4.78, 5) is 22.9. The van der Waals surface area contributed by atoms with Gasteiger partial charge in [-0.1, -0.05) is 74.5 Å². The van der Waals surface area contributed by atoms with Gasteiger partial charge in [-0.15, -0.1) is 0 Å². The van der Waals surface area contributed by atoms with E-state index in [0.29, 0.717) is 42.1 Å². The Hall–Kier alpha value is -4.92. The molecule has 0 saturated heterocycles. The molecule has 43 heavy (non-hydrogen) atoms. The predicted octanol–water partition coefficient (Wildman–Crippen LogP) is 6.10. The van der Waals surface area contributed by atoms with Crippen LogP contribution in [0.5, 0.6) is 23.3 Å². The van der Waals surface area contributed by atoms with E-state index in [2.05, 4.69) is 21.6 Å². The van der Waals surface area contributed by atoms with Crippen molar-refractivity contribution < 1.29 is 19.1 Å². The lowest BCUT2D eigenvalue weighted by Crippen LogP contribution is -2.28. The molecule has 6 rings (SSSR count). The molecule has 3 heterocycles. The maximum Gasteiger partial charge on any atom is 0.297 e. The van der Waals surface area contributed by atoms with E-state index in [9.17, 15) is 9.90 Å². The van der Waals surface area contributed by atoms with Crippen LogP contribution in [0.25, 0.3) is 22.5 Å².